The number of carbonyl (C=O) groups excluding carboxylic acids is 1. The van der Waals surface area contributed by atoms with E-state index in [0.29, 0.717) is 23.6 Å². The minimum absolute atomic E-state index is 0.227. The fraction of sp³-hybridized carbons (Fsp3) is 0.250. The van der Waals surface area contributed by atoms with E-state index >= 15 is 0 Å². The molecule has 6 nitrogen and oxygen atoms in total. The molecule has 2 aromatic rings. The van der Waals surface area contributed by atoms with Crippen LogP contribution in [0.25, 0.3) is 0 Å². The number of methoxy groups -OCH3 is 2. The molecule has 116 valence electrons. The van der Waals surface area contributed by atoms with E-state index in [2.05, 4.69) is 5.32 Å². The second kappa shape index (κ2) is 6.80. The summed E-state index contributed by atoms with van der Waals surface area (Å²) in [6.45, 7) is 0.293. The Hall–Kier alpha value is -2.76. The van der Waals surface area contributed by atoms with E-state index in [1.807, 2.05) is 6.07 Å². The number of aromatic nitrogens is 1. The third kappa shape index (κ3) is 3.46. The van der Waals surface area contributed by atoms with Crippen LogP contribution in [0.3, 0.4) is 0 Å². The van der Waals surface area contributed by atoms with E-state index < -0.39 is 0 Å². The molecule has 0 fully saturated rings. The predicted molar refractivity (Wildman–Crippen MR) is 82.4 cm³/mol. The van der Waals surface area contributed by atoms with Gasteiger partial charge in [-0.1, -0.05) is 0 Å². The second-order valence-corrected chi connectivity index (χ2v) is 4.73. The summed E-state index contributed by atoms with van der Waals surface area (Å²) in [6, 6.07) is 8.27. The highest BCUT2D eigenvalue weighted by Gasteiger charge is 2.09. The number of pyridine rings is 1. The van der Waals surface area contributed by atoms with Gasteiger partial charge in [-0.05, 0) is 18.2 Å². The van der Waals surface area contributed by atoms with Gasteiger partial charge in [-0.2, -0.15) is 0 Å². The Morgan fingerprint density at radius 2 is 1.95 bits per heavy atom. The molecule has 1 heterocycles. The molecule has 0 bridgehead atoms. The van der Waals surface area contributed by atoms with E-state index in [1.165, 1.54) is 10.6 Å². The minimum Gasteiger partial charge on any atom is -0.497 e. The van der Waals surface area contributed by atoms with Gasteiger partial charge in [-0.15, -0.1) is 0 Å². The largest absolute Gasteiger partial charge is 0.497 e. The van der Waals surface area contributed by atoms with Crippen LogP contribution in [0.1, 0.15) is 15.9 Å². The monoisotopic (exact) mass is 302 g/mol. The topological polar surface area (TPSA) is 69.6 Å². The summed E-state index contributed by atoms with van der Waals surface area (Å²) in [6.07, 6.45) is 1.56. The lowest BCUT2D eigenvalue weighted by atomic mass is 10.1. The fourth-order valence-electron chi connectivity index (χ4n) is 1.97. The first kappa shape index (κ1) is 15.6. The van der Waals surface area contributed by atoms with Gasteiger partial charge >= 0.3 is 0 Å². The minimum atomic E-state index is -0.310. The third-order valence-electron chi connectivity index (χ3n) is 3.30. The van der Waals surface area contributed by atoms with Gasteiger partial charge < -0.3 is 19.4 Å². The lowest BCUT2D eigenvalue weighted by molar-refractivity contribution is 0.0950. The van der Waals surface area contributed by atoms with Crippen molar-refractivity contribution in [3.63, 3.8) is 0 Å². The Labute approximate surface area is 128 Å². The van der Waals surface area contributed by atoms with E-state index in [9.17, 15) is 9.59 Å². The lowest BCUT2D eigenvalue weighted by Gasteiger charge is -2.11. The van der Waals surface area contributed by atoms with Crippen molar-refractivity contribution >= 4 is 5.91 Å². The normalized spacial score (nSPS) is 10.1. The van der Waals surface area contributed by atoms with Gasteiger partial charge in [0.2, 0.25) is 0 Å². The van der Waals surface area contributed by atoms with Crippen molar-refractivity contribution in [2.75, 3.05) is 14.2 Å². The van der Waals surface area contributed by atoms with Gasteiger partial charge in [-0.3, -0.25) is 9.59 Å². The standard InChI is InChI=1S/C16H18N2O4/c1-18-7-6-11(8-15(18)19)16(20)17-10-12-4-5-13(21-2)9-14(12)22-3/h4-9H,10H2,1-3H3,(H,17,20). The molecule has 0 unspecified atom stereocenters. The number of hydrogen-bond donors (Lipinski definition) is 1. The Morgan fingerprint density at radius 1 is 1.18 bits per heavy atom. The van der Waals surface area contributed by atoms with E-state index in [4.69, 9.17) is 9.47 Å². The van der Waals surface area contributed by atoms with Crippen molar-refractivity contribution in [3.05, 3.63) is 58.0 Å². The molecule has 0 saturated carbocycles. The Morgan fingerprint density at radius 3 is 2.59 bits per heavy atom. The number of amides is 1. The fourth-order valence-corrected chi connectivity index (χ4v) is 1.97. The van der Waals surface area contributed by atoms with E-state index in [1.54, 1.807) is 45.7 Å². The van der Waals surface area contributed by atoms with Crippen LogP contribution in [0.4, 0.5) is 0 Å². The van der Waals surface area contributed by atoms with Crippen LogP contribution in [-0.2, 0) is 13.6 Å². The number of carbonyl (C=O) groups is 1. The quantitative estimate of drug-likeness (QED) is 0.904. The highest BCUT2D eigenvalue weighted by Crippen LogP contribution is 2.24. The summed E-state index contributed by atoms with van der Waals surface area (Å²) in [7, 11) is 4.76. The van der Waals surface area contributed by atoms with Crippen LogP contribution in [0, 0.1) is 0 Å². The predicted octanol–water partition coefficient (Wildman–Crippen LogP) is 1.33. The molecule has 2 rings (SSSR count). The number of benzene rings is 1. The van der Waals surface area contributed by atoms with Crippen molar-refractivity contribution in [1.82, 2.24) is 9.88 Å². The number of nitrogens with zero attached hydrogens (tertiary/aromatic N) is 1. The van der Waals surface area contributed by atoms with Crippen LogP contribution in [0.5, 0.6) is 11.5 Å². The first-order valence-corrected chi connectivity index (χ1v) is 6.71. The molecule has 0 aliphatic rings. The molecule has 6 heteroatoms. The van der Waals surface area contributed by atoms with Crippen molar-refractivity contribution < 1.29 is 14.3 Å². The van der Waals surface area contributed by atoms with Crippen molar-refractivity contribution in [1.29, 1.82) is 0 Å². The Kier molecular flexibility index (Phi) is 4.83. The number of hydrogen-bond acceptors (Lipinski definition) is 4. The first-order chi connectivity index (χ1) is 10.5. The second-order valence-electron chi connectivity index (χ2n) is 4.73. The zero-order chi connectivity index (χ0) is 16.1. The molecule has 22 heavy (non-hydrogen) atoms. The molecule has 0 radical (unpaired) electrons. The van der Waals surface area contributed by atoms with Crippen LogP contribution >= 0.6 is 0 Å². The van der Waals surface area contributed by atoms with Crippen LogP contribution in [0.15, 0.2) is 41.3 Å². The van der Waals surface area contributed by atoms with Gasteiger partial charge in [0.15, 0.2) is 0 Å². The summed E-state index contributed by atoms with van der Waals surface area (Å²) in [5.41, 5.74) is 0.922. The molecular formula is C16H18N2O4. The van der Waals surface area contributed by atoms with Crippen molar-refractivity contribution in [2.24, 2.45) is 7.05 Å². The highest BCUT2D eigenvalue weighted by atomic mass is 16.5. The zero-order valence-electron chi connectivity index (χ0n) is 12.8. The molecule has 1 N–H and O–H groups in total. The van der Waals surface area contributed by atoms with Gasteiger partial charge in [0.05, 0.1) is 14.2 Å². The van der Waals surface area contributed by atoms with Gasteiger partial charge in [0.1, 0.15) is 11.5 Å². The van der Waals surface area contributed by atoms with Crippen LogP contribution < -0.4 is 20.3 Å². The molecule has 0 aliphatic heterocycles. The van der Waals surface area contributed by atoms with E-state index in [0.717, 1.165) is 5.56 Å². The number of nitrogens with one attached hydrogen (secondary N) is 1. The number of ether oxygens (including phenoxy) is 2. The summed E-state index contributed by atoms with van der Waals surface area (Å²) in [5, 5.41) is 2.77. The third-order valence-corrected chi connectivity index (χ3v) is 3.30. The smallest absolute Gasteiger partial charge is 0.251 e. The summed E-state index contributed by atoms with van der Waals surface area (Å²) < 4.78 is 11.8. The number of rotatable bonds is 5. The molecular weight excluding hydrogens is 284 g/mol. The van der Waals surface area contributed by atoms with Crippen LogP contribution in [-0.4, -0.2) is 24.7 Å². The Bertz CT molecular complexity index is 737. The van der Waals surface area contributed by atoms with Crippen molar-refractivity contribution in [3.8, 4) is 11.5 Å². The SMILES string of the molecule is COc1ccc(CNC(=O)c2ccn(C)c(=O)c2)c(OC)c1. The highest BCUT2D eigenvalue weighted by molar-refractivity contribution is 5.93. The molecule has 0 aliphatic carbocycles. The van der Waals surface area contributed by atoms with Gasteiger partial charge in [-0.25, -0.2) is 0 Å². The molecule has 0 saturated heterocycles. The molecule has 0 spiro atoms. The summed E-state index contributed by atoms with van der Waals surface area (Å²) >= 11 is 0. The van der Waals surface area contributed by atoms with Gasteiger partial charge in [0, 0.05) is 43.0 Å². The van der Waals surface area contributed by atoms with E-state index in [-0.39, 0.29) is 11.5 Å². The maximum Gasteiger partial charge on any atom is 0.251 e. The number of aryl methyl sites for hydroxylation is 1. The molecule has 1 amide bonds. The van der Waals surface area contributed by atoms with Crippen LogP contribution in [0.2, 0.25) is 0 Å². The Balaban J connectivity index is 2.10. The zero-order valence-corrected chi connectivity index (χ0v) is 12.8. The average Bonchev–Trinajstić information content (AvgIpc) is 2.54. The average molecular weight is 302 g/mol. The maximum absolute atomic E-state index is 12.1. The summed E-state index contributed by atoms with van der Waals surface area (Å²) in [5.74, 6) is 0.998. The molecule has 0 atom stereocenters. The summed E-state index contributed by atoms with van der Waals surface area (Å²) in [4.78, 5) is 23.6. The van der Waals surface area contributed by atoms with Gasteiger partial charge in [0.25, 0.3) is 11.5 Å². The maximum atomic E-state index is 12.1. The first-order valence-electron chi connectivity index (χ1n) is 6.71. The molecule has 1 aromatic carbocycles. The lowest BCUT2D eigenvalue weighted by Crippen LogP contribution is -2.25. The molecule has 1 aromatic heterocycles. The van der Waals surface area contributed by atoms with Crippen molar-refractivity contribution in [2.45, 2.75) is 6.54 Å².